The lowest BCUT2D eigenvalue weighted by Gasteiger charge is -2.14. The first-order chi connectivity index (χ1) is 9.75. The van der Waals surface area contributed by atoms with Crippen molar-refractivity contribution in [1.82, 2.24) is 0 Å². The molecule has 1 aromatic carbocycles. The van der Waals surface area contributed by atoms with Crippen molar-refractivity contribution in [1.29, 1.82) is 0 Å². The Kier molecular flexibility index (Phi) is 2.65. The third-order valence-corrected chi connectivity index (χ3v) is 8.51. The van der Waals surface area contributed by atoms with Gasteiger partial charge in [-0.15, -0.1) is 22.9 Å². The largest absolute Gasteiger partial charge is 0.142 e. The Morgan fingerprint density at radius 1 is 1.20 bits per heavy atom. The van der Waals surface area contributed by atoms with E-state index in [1.54, 1.807) is 0 Å². The summed E-state index contributed by atoms with van der Waals surface area (Å²) in [6, 6.07) is 6.48. The van der Waals surface area contributed by atoms with Crippen LogP contribution in [0.25, 0.3) is 10.1 Å². The van der Waals surface area contributed by atoms with Crippen molar-refractivity contribution in [2.75, 3.05) is 0 Å². The van der Waals surface area contributed by atoms with Gasteiger partial charge in [0, 0.05) is 9.17 Å². The van der Waals surface area contributed by atoms with Crippen LogP contribution in [0.1, 0.15) is 30.2 Å². The molecule has 0 radical (unpaired) electrons. The molecule has 3 fully saturated rings. The minimum atomic E-state index is 0.233. The summed E-state index contributed by atoms with van der Waals surface area (Å²) in [7, 11) is 0. The average molecular weight is 368 g/mol. The first-order valence-electron chi connectivity index (χ1n) is 7.55. The Hall–Kier alpha value is -0.0500. The summed E-state index contributed by atoms with van der Waals surface area (Å²) in [5.41, 5.74) is 1.38. The van der Waals surface area contributed by atoms with Crippen LogP contribution in [0.2, 0.25) is 0 Å². The molecule has 5 atom stereocenters. The molecule has 3 aliphatic rings. The maximum atomic E-state index is 6.93. The zero-order chi connectivity index (χ0) is 13.4. The van der Waals surface area contributed by atoms with Crippen LogP contribution in [0.15, 0.2) is 28.1 Å². The van der Waals surface area contributed by atoms with E-state index >= 15 is 0 Å². The van der Waals surface area contributed by atoms with E-state index < -0.39 is 0 Å². The molecule has 5 rings (SSSR count). The highest BCUT2D eigenvalue weighted by Gasteiger charge is 2.66. The molecule has 2 bridgehead atoms. The second kappa shape index (κ2) is 4.24. The van der Waals surface area contributed by atoms with E-state index in [9.17, 15) is 0 Å². The van der Waals surface area contributed by atoms with Gasteiger partial charge in [0.25, 0.3) is 0 Å². The quantitative estimate of drug-likeness (QED) is 0.551. The number of halogens is 2. The van der Waals surface area contributed by atoms with Crippen LogP contribution in [0, 0.1) is 29.6 Å². The van der Waals surface area contributed by atoms with Crippen LogP contribution in [0.4, 0.5) is 0 Å². The fourth-order valence-corrected chi connectivity index (χ4v) is 7.50. The Labute approximate surface area is 136 Å². The molecular formula is C17H16BrClS. The molecule has 1 heterocycles. The van der Waals surface area contributed by atoms with Crippen LogP contribution in [-0.2, 0) is 0 Å². The third-order valence-electron chi connectivity index (χ3n) is 6.01. The molecule has 0 N–H and O–H groups in total. The lowest BCUT2D eigenvalue weighted by molar-refractivity contribution is 0.456. The van der Waals surface area contributed by atoms with Gasteiger partial charge in [0.15, 0.2) is 0 Å². The molecule has 5 unspecified atom stereocenters. The SMILES string of the molecule is ClC(c1csc2c(Br)cccc12)C1C2C3CCC(C3)C21. The summed E-state index contributed by atoms with van der Waals surface area (Å²) in [6.45, 7) is 0. The van der Waals surface area contributed by atoms with Crippen molar-refractivity contribution in [3.05, 3.63) is 33.6 Å². The van der Waals surface area contributed by atoms with Gasteiger partial charge in [-0.2, -0.15) is 0 Å². The summed E-state index contributed by atoms with van der Waals surface area (Å²) in [6.07, 6.45) is 4.45. The molecule has 20 heavy (non-hydrogen) atoms. The smallest absolute Gasteiger partial charge is 0.0633 e. The van der Waals surface area contributed by atoms with E-state index in [2.05, 4.69) is 39.5 Å². The van der Waals surface area contributed by atoms with Crippen molar-refractivity contribution < 1.29 is 0 Å². The predicted octanol–water partition coefficient (Wildman–Crippen LogP) is 6.24. The van der Waals surface area contributed by atoms with E-state index in [1.807, 2.05) is 11.3 Å². The van der Waals surface area contributed by atoms with E-state index in [0.29, 0.717) is 0 Å². The highest BCUT2D eigenvalue weighted by atomic mass is 79.9. The average Bonchev–Trinajstić information content (AvgIpc) is 2.83. The lowest BCUT2D eigenvalue weighted by Crippen LogP contribution is -2.03. The van der Waals surface area contributed by atoms with Gasteiger partial charge in [-0.05, 0) is 87.2 Å². The Morgan fingerprint density at radius 3 is 2.70 bits per heavy atom. The predicted molar refractivity (Wildman–Crippen MR) is 89.4 cm³/mol. The molecule has 0 amide bonds. The first-order valence-corrected chi connectivity index (χ1v) is 9.66. The molecule has 0 spiro atoms. The monoisotopic (exact) mass is 366 g/mol. The molecule has 0 nitrogen and oxygen atoms in total. The molecule has 3 aliphatic carbocycles. The number of rotatable bonds is 2. The summed E-state index contributed by atoms with van der Waals surface area (Å²) >= 11 is 12.4. The van der Waals surface area contributed by atoms with E-state index in [0.717, 1.165) is 29.6 Å². The molecule has 3 saturated carbocycles. The van der Waals surface area contributed by atoms with Crippen LogP contribution < -0.4 is 0 Å². The third kappa shape index (κ3) is 1.54. The maximum Gasteiger partial charge on any atom is 0.0633 e. The van der Waals surface area contributed by atoms with Gasteiger partial charge in [-0.25, -0.2) is 0 Å². The topological polar surface area (TPSA) is 0 Å². The zero-order valence-corrected chi connectivity index (χ0v) is 14.2. The molecule has 3 heteroatoms. The summed E-state index contributed by atoms with van der Waals surface area (Å²) in [4.78, 5) is 0. The maximum absolute atomic E-state index is 6.93. The molecule has 2 aromatic rings. The van der Waals surface area contributed by atoms with Gasteiger partial charge < -0.3 is 0 Å². The van der Waals surface area contributed by atoms with Crippen molar-refractivity contribution in [3.8, 4) is 0 Å². The van der Waals surface area contributed by atoms with Gasteiger partial charge in [-0.3, -0.25) is 0 Å². The van der Waals surface area contributed by atoms with Gasteiger partial charge in [0.05, 0.1) is 5.38 Å². The van der Waals surface area contributed by atoms with Crippen molar-refractivity contribution >= 4 is 49.0 Å². The molecule has 1 aromatic heterocycles. The molecule has 0 saturated heterocycles. The standard InChI is InChI=1S/C17H16BrClS/c18-12-3-1-2-10-11(7-20-17(10)12)16(19)15-13-8-4-5-9(6-8)14(13)15/h1-3,7-9,13-16H,4-6H2. The van der Waals surface area contributed by atoms with Gasteiger partial charge in [-0.1, -0.05) is 12.1 Å². The molecule has 104 valence electrons. The fourth-order valence-electron chi connectivity index (χ4n) is 5.25. The van der Waals surface area contributed by atoms with Crippen LogP contribution in [0.5, 0.6) is 0 Å². The van der Waals surface area contributed by atoms with Crippen LogP contribution in [-0.4, -0.2) is 0 Å². The highest BCUT2D eigenvalue weighted by Crippen LogP contribution is 2.73. The Morgan fingerprint density at radius 2 is 1.95 bits per heavy atom. The second-order valence-corrected chi connectivity index (χ2v) is 8.98. The Balaban J connectivity index is 1.52. The highest BCUT2D eigenvalue weighted by molar-refractivity contribution is 9.10. The summed E-state index contributed by atoms with van der Waals surface area (Å²) in [5.74, 6) is 4.69. The minimum absolute atomic E-state index is 0.233. The molecule has 0 aliphatic heterocycles. The number of hydrogen-bond donors (Lipinski definition) is 0. The summed E-state index contributed by atoms with van der Waals surface area (Å²) < 4.78 is 2.55. The fraction of sp³-hybridized carbons (Fsp3) is 0.529. The van der Waals surface area contributed by atoms with Gasteiger partial charge in [0.2, 0.25) is 0 Å². The second-order valence-electron chi connectivity index (χ2n) is 6.77. The van der Waals surface area contributed by atoms with Crippen molar-refractivity contribution in [3.63, 3.8) is 0 Å². The van der Waals surface area contributed by atoms with Crippen molar-refractivity contribution in [2.24, 2.45) is 29.6 Å². The van der Waals surface area contributed by atoms with E-state index in [-0.39, 0.29) is 5.38 Å². The Bertz CT molecular complexity index is 677. The van der Waals surface area contributed by atoms with Gasteiger partial charge in [0.1, 0.15) is 0 Å². The first kappa shape index (κ1) is 12.5. The zero-order valence-electron chi connectivity index (χ0n) is 11.1. The number of thiophene rings is 1. The lowest BCUT2D eigenvalue weighted by atomic mass is 9.96. The number of fused-ring (bicyclic) bond motifs is 6. The number of alkyl halides is 1. The van der Waals surface area contributed by atoms with E-state index in [4.69, 9.17) is 11.6 Å². The van der Waals surface area contributed by atoms with Gasteiger partial charge >= 0.3 is 0 Å². The number of benzene rings is 1. The normalized spacial score (nSPS) is 39.2. The minimum Gasteiger partial charge on any atom is -0.142 e. The summed E-state index contributed by atoms with van der Waals surface area (Å²) in [5, 5.41) is 3.89. The number of hydrogen-bond acceptors (Lipinski definition) is 1. The molecular weight excluding hydrogens is 352 g/mol. The van der Waals surface area contributed by atoms with Crippen LogP contribution in [0.3, 0.4) is 0 Å². The van der Waals surface area contributed by atoms with E-state index in [1.165, 1.54) is 39.4 Å². The van der Waals surface area contributed by atoms with Crippen LogP contribution >= 0.6 is 38.9 Å². The van der Waals surface area contributed by atoms with Crippen molar-refractivity contribution in [2.45, 2.75) is 24.6 Å².